The number of nitrogens with two attached hydrogens (primary N) is 1. The van der Waals surface area contributed by atoms with Gasteiger partial charge in [0.25, 0.3) is 0 Å². The fourth-order valence-corrected chi connectivity index (χ4v) is 8.11. The molecule has 0 radical (unpaired) electrons. The zero-order valence-corrected chi connectivity index (χ0v) is 25.5. The number of nitrogens with zero attached hydrogens (tertiary/aromatic N) is 5. The molecule has 1 saturated heterocycles. The summed E-state index contributed by atoms with van der Waals surface area (Å²) in [5.74, 6) is 1.34. The summed E-state index contributed by atoms with van der Waals surface area (Å²) in [6, 6.07) is 12.8. The van der Waals surface area contributed by atoms with Crippen LogP contribution in [0.5, 0.6) is 0 Å². The van der Waals surface area contributed by atoms with Gasteiger partial charge < -0.3 is 15.2 Å². The van der Waals surface area contributed by atoms with E-state index >= 15 is 0 Å². The maximum atomic E-state index is 13.2. The Morgan fingerprint density at radius 3 is 2.67 bits per heavy atom. The number of pyridine rings is 2. The number of anilines is 2. The second kappa shape index (κ2) is 10.4. The van der Waals surface area contributed by atoms with Gasteiger partial charge in [-0.25, -0.2) is 9.97 Å². The topological polar surface area (TPSA) is 107 Å². The third-order valence-corrected chi connectivity index (χ3v) is 11.5. The number of rotatable bonds is 5. The van der Waals surface area contributed by atoms with Gasteiger partial charge >= 0.3 is 0 Å². The van der Waals surface area contributed by atoms with Gasteiger partial charge in [0.05, 0.1) is 16.0 Å². The Morgan fingerprint density at radius 1 is 1.18 bits per heavy atom. The molecule has 2 atom stereocenters. The first-order chi connectivity index (χ1) is 19.1. The molecule has 1 aliphatic carbocycles. The van der Waals surface area contributed by atoms with Crippen LogP contribution in [0.3, 0.4) is 0 Å². The molecular weight excluding hydrogens is 562 g/mol. The van der Waals surface area contributed by atoms with Crippen molar-refractivity contribution in [3.8, 4) is 0 Å². The molecule has 4 heterocycles. The maximum Gasteiger partial charge on any atom is 0.171 e. The summed E-state index contributed by atoms with van der Waals surface area (Å²) in [4.78, 5) is 12.9. The first-order valence-electron chi connectivity index (χ1n) is 13.5. The predicted molar refractivity (Wildman–Crippen MR) is 163 cm³/mol. The van der Waals surface area contributed by atoms with Crippen LogP contribution in [0.4, 0.5) is 11.6 Å². The molecule has 1 aliphatic heterocycles. The molecule has 1 spiro atoms. The van der Waals surface area contributed by atoms with Crippen molar-refractivity contribution in [3.63, 3.8) is 0 Å². The number of nitrogens with one attached hydrogen (secondary N) is 1. The molecule has 210 valence electrons. The molecule has 3 N–H and O–H groups in total. The molecule has 1 aromatic carbocycles. The highest BCUT2D eigenvalue weighted by Gasteiger charge is 2.50. The van der Waals surface area contributed by atoms with Crippen LogP contribution >= 0.6 is 23.4 Å². The van der Waals surface area contributed by atoms with E-state index in [4.69, 9.17) is 17.3 Å². The SMILES string of the molecule is Cc1cc(N2CCC3(CC2)Cc2ccccc2[C@H]3N[S+]([O-])C(C)(C)C)n2ncnc2c1Sc1ccnc(N)c1Cl. The van der Waals surface area contributed by atoms with Crippen LogP contribution < -0.4 is 15.4 Å². The fraction of sp³-hybridized carbons (Fsp3) is 0.414. The van der Waals surface area contributed by atoms with Crippen molar-refractivity contribution in [1.29, 1.82) is 0 Å². The minimum absolute atomic E-state index is 0.0193. The largest absolute Gasteiger partial charge is 0.598 e. The Bertz CT molecular complexity index is 1560. The monoisotopic (exact) mass is 595 g/mol. The highest BCUT2D eigenvalue weighted by molar-refractivity contribution is 7.99. The van der Waals surface area contributed by atoms with Gasteiger partial charge in [0.15, 0.2) is 5.65 Å². The Hall–Kier alpha value is -2.50. The van der Waals surface area contributed by atoms with Crippen molar-refractivity contribution in [3.05, 3.63) is 70.6 Å². The number of benzene rings is 1. The lowest BCUT2D eigenvalue weighted by Crippen LogP contribution is -2.50. The number of aromatic nitrogens is 4. The Morgan fingerprint density at radius 2 is 1.93 bits per heavy atom. The highest BCUT2D eigenvalue weighted by atomic mass is 35.5. The number of hydrogen-bond acceptors (Lipinski definition) is 8. The van der Waals surface area contributed by atoms with Gasteiger partial charge in [0.2, 0.25) is 0 Å². The fourth-order valence-electron chi connectivity index (χ4n) is 5.95. The van der Waals surface area contributed by atoms with E-state index in [0.29, 0.717) is 10.8 Å². The number of aryl methyl sites for hydroxylation is 1. The van der Waals surface area contributed by atoms with E-state index in [1.165, 1.54) is 22.9 Å². The van der Waals surface area contributed by atoms with E-state index in [1.807, 2.05) is 31.4 Å². The molecule has 0 bridgehead atoms. The molecule has 0 amide bonds. The summed E-state index contributed by atoms with van der Waals surface area (Å²) in [5, 5.41) is 5.06. The van der Waals surface area contributed by atoms with Crippen LogP contribution in [0.1, 0.15) is 56.3 Å². The highest BCUT2D eigenvalue weighted by Crippen LogP contribution is 2.53. The predicted octanol–water partition coefficient (Wildman–Crippen LogP) is 5.76. The summed E-state index contributed by atoms with van der Waals surface area (Å²) in [5.41, 5.74) is 10.5. The average molecular weight is 596 g/mol. The number of halogens is 1. The average Bonchev–Trinajstić information content (AvgIpc) is 3.52. The molecule has 8 nitrogen and oxygen atoms in total. The Labute approximate surface area is 247 Å². The molecule has 6 rings (SSSR count). The molecule has 3 aromatic heterocycles. The van der Waals surface area contributed by atoms with E-state index in [9.17, 15) is 4.55 Å². The van der Waals surface area contributed by atoms with Crippen LogP contribution in [0.25, 0.3) is 5.65 Å². The van der Waals surface area contributed by atoms with Gasteiger partial charge in [-0.1, -0.05) is 47.6 Å². The van der Waals surface area contributed by atoms with Crippen molar-refractivity contribution in [2.45, 2.75) is 67.5 Å². The summed E-state index contributed by atoms with van der Waals surface area (Å²) in [7, 11) is 0. The van der Waals surface area contributed by atoms with E-state index in [1.54, 1.807) is 12.5 Å². The van der Waals surface area contributed by atoms with Crippen molar-refractivity contribution < 1.29 is 4.55 Å². The number of nitrogen functional groups attached to an aromatic ring is 1. The molecule has 2 aliphatic rings. The van der Waals surface area contributed by atoms with Crippen LogP contribution in [0.2, 0.25) is 5.02 Å². The molecule has 1 fully saturated rings. The van der Waals surface area contributed by atoms with E-state index in [2.05, 4.69) is 61.9 Å². The van der Waals surface area contributed by atoms with Crippen molar-refractivity contribution in [2.24, 2.45) is 5.41 Å². The zero-order valence-electron chi connectivity index (χ0n) is 23.1. The summed E-state index contributed by atoms with van der Waals surface area (Å²) in [6.45, 7) is 9.93. The van der Waals surface area contributed by atoms with E-state index in [-0.39, 0.29) is 16.2 Å². The summed E-state index contributed by atoms with van der Waals surface area (Å²) < 4.78 is 18.4. The second-order valence-corrected chi connectivity index (χ2v) is 15.2. The Balaban J connectivity index is 1.28. The lowest BCUT2D eigenvalue weighted by Gasteiger charge is -2.44. The maximum absolute atomic E-state index is 13.2. The van der Waals surface area contributed by atoms with Crippen LogP contribution in [-0.2, 0) is 17.8 Å². The standard InChI is InChI=1S/C29H34ClN7OS2/c1-18-15-22(37-27(33-17-34-37)24(18)39-21-9-12-32-26(31)23(21)30)36-13-10-29(11-14-36)16-19-7-5-6-8-20(19)25(29)35-40(38)28(2,3)4/h5-9,12,15,17,25,35H,10-11,13-14,16H2,1-4H3,(H2,31,32)/t25-,40?/m1/s1. The number of fused-ring (bicyclic) bond motifs is 2. The third-order valence-electron chi connectivity index (χ3n) is 8.15. The lowest BCUT2D eigenvalue weighted by molar-refractivity contribution is 0.175. The zero-order chi connectivity index (χ0) is 28.2. The second-order valence-electron chi connectivity index (χ2n) is 11.8. The van der Waals surface area contributed by atoms with E-state index in [0.717, 1.165) is 59.2 Å². The first-order valence-corrected chi connectivity index (χ1v) is 15.8. The van der Waals surface area contributed by atoms with Crippen LogP contribution in [0.15, 0.2) is 58.7 Å². The van der Waals surface area contributed by atoms with Crippen LogP contribution in [0, 0.1) is 12.3 Å². The van der Waals surface area contributed by atoms with Crippen LogP contribution in [-0.4, -0.2) is 42.0 Å². The molecule has 11 heteroatoms. The quantitative estimate of drug-likeness (QED) is 0.281. The first kappa shape index (κ1) is 27.7. The minimum atomic E-state index is -1.16. The van der Waals surface area contributed by atoms with Gasteiger partial charge in [0.1, 0.15) is 22.7 Å². The smallest absolute Gasteiger partial charge is 0.171 e. The molecule has 4 aromatic rings. The van der Waals surface area contributed by atoms with E-state index < -0.39 is 11.4 Å². The molecule has 40 heavy (non-hydrogen) atoms. The number of piperidine rings is 1. The molecule has 0 saturated carbocycles. The van der Waals surface area contributed by atoms with Gasteiger partial charge in [-0.05, 0) is 75.8 Å². The van der Waals surface area contributed by atoms with Crippen molar-refractivity contribution >= 4 is 52.0 Å². The summed E-state index contributed by atoms with van der Waals surface area (Å²) in [6.07, 6.45) is 6.24. The van der Waals surface area contributed by atoms with Gasteiger partial charge in [-0.3, -0.25) is 0 Å². The normalized spacial score (nSPS) is 19.4. The van der Waals surface area contributed by atoms with Gasteiger partial charge in [0, 0.05) is 41.0 Å². The minimum Gasteiger partial charge on any atom is -0.598 e. The third kappa shape index (κ3) is 4.83. The van der Waals surface area contributed by atoms with Gasteiger partial charge in [-0.15, -0.1) is 4.72 Å². The lowest BCUT2D eigenvalue weighted by atomic mass is 9.73. The molecule has 1 unspecified atom stereocenters. The van der Waals surface area contributed by atoms with Crippen molar-refractivity contribution in [2.75, 3.05) is 23.7 Å². The van der Waals surface area contributed by atoms with Crippen molar-refractivity contribution in [1.82, 2.24) is 24.3 Å². The Kier molecular flexibility index (Phi) is 7.19. The molecular formula is C29H34ClN7OS2. The summed E-state index contributed by atoms with van der Waals surface area (Å²) >= 11 is 6.82. The number of hydrogen-bond donors (Lipinski definition) is 2. The van der Waals surface area contributed by atoms with Gasteiger partial charge in [-0.2, -0.15) is 9.61 Å².